The number of carboxylic acid groups (broad SMARTS) is 2. The molecule has 1 aromatic heterocycles. The number of fused-ring (bicyclic) bond motifs is 3. The highest BCUT2D eigenvalue weighted by Crippen LogP contribution is 2.29. The van der Waals surface area contributed by atoms with E-state index in [4.69, 9.17) is 11.5 Å². The van der Waals surface area contributed by atoms with E-state index in [0.717, 1.165) is 31.5 Å². The number of piperidine rings is 1. The van der Waals surface area contributed by atoms with Crippen LogP contribution >= 0.6 is 11.8 Å². The highest BCUT2D eigenvalue weighted by atomic mass is 32.2. The smallest absolute Gasteiger partial charge is 0.305 e. The quantitative estimate of drug-likeness (QED) is 0.0361. The number of primary amides is 1. The maximum absolute atomic E-state index is 15.7. The van der Waals surface area contributed by atoms with Crippen LogP contribution in [0.4, 0.5) is 13.2 Å². The van der Waals surface area contributed by atoms with Crippen LogP contribution in [0.1, 0.15) is 132 Å². The number of halogens is 3. The van der Waals surface area contributed by atoms with E-state index >= 15 is 51.9 Å². The number of carbonyl (C=O) groups excluding carboxylic acids is 15. The van der Waals surface area contributed by atoms with Crippen molar-refractivity contribution in [3.63, 3.8) is 0 Å². The first-order valence-corrected chi connectivity index (χ1v) is 45.8. The summed E-state index contributed by atoms with van der Waals surface area (Å²) in [7, 11) is 3.61. The van der Waals surface area contributed by atoms with Gasteiger partial charge in [0.15, 0.2) is 17.5 Å². The summed E-state index contributed by atoms with van der Waals surface area (Å²) in [4.78, 5) is 259. The van der Waals surface area contributed by atoms with Crippen molar-refractivity contribution in [2.24, 2.45) is 17.4 Å². The molecule has 3 saturated heterocycles. The Morgan fingerprint density at radius 1 is 0.504 bits per heavy atom. The third-order valence-corrected chi connectivity index (χ3v) is 25.0. The zero-order valence-electron chi connectivity index (χ0n) is 75.8. The monoisotopic (exact) mass is 1900 g/mol. The van der Waals surface area contributed by atoms with Gasteiger partial charge in [0.1, 0.15) is 90.0 Å². The minimum atomic E-state index is -1.99. The number of aromatic nitrogens is 1. The third kappa shape index (κ3) is 29.4. The Labute approximate surface area is 781 Å². The number of carbonyl (C=O) groups is 17. The molecule has 3 aliphatic rings. The van der Waals surface area contributed by atoms with E-state index in [1.165, 1.54) is 76.5 Å². The van der Waals surface area contributed by atoms with Crippen LogP contribution in [0.5, 0.6) is 11.5 Å². The Morgan fingerprint density at radius 2 is 1.03 bits per heavy atom. The Bertz CT molecular complexity index is 5250. The number of thioether (sulfide) groups is 1. The maximum atomic E-state index is 15.7. The van der Waals surface area contributed by atoms with Crippen LogP contribution in [-0.2, 0) is 114 Å². The number of para-hydroxylation sites is 1. The predicted molar refractivity (Wildman–Crippen MR) is 486 cm³/mol. The van der Waals surface area contributed by atoms with E-state index in [1.807, 2.05) is 0 Å². The molecular weight excluding hydrogens is 1780 g/mol. The molecule has 9 rings (SSSR count). The Balaban J connectivity index is 1.14. The first kappa shape index (κ1) is 105. The lowest BCUT2D eigenvalue weighted by Crippen LogP contribution is -2.63. The molecule has 15 amide bonds. The van der Waals surface area contributed by atoms with Gasteiger partial charge in [-0.1, -0.05) is 106 Å². The van der Waals surface area contributed by atoms with E-state index in [0.29, 0.717) is 69.9 Å². The minimum absolute atomic E-state index is 0.00921. The van der Waals surface area contributed by atoms with Crippen LogP contribution in [0.15, 0.2) is 121 Å². The average molecular weight is 1900 g/mol. The van der Waals surface area contributed by atoms with Gasteiger partial charge in [-0.3, -0.25) is 81.5 Å². The van der Waals surface area contributed by atoms with Crippen molar-refractivity contribution in [2.75, 3.05) is 58.8 Å². The van der Waals surface area contributed by atoms with Gasteiger partial charge in [0.25, 0.3) is 0 Å². The summed E-state index contributed by atoms with van der Waals surface area (Å²) in [6.45, 7) is 3.63. The Morgan fingerprint density at radius 3 is 1.64 bits per heavy atom. The van der Waals surface area contributed by atoms with Crippen LogP contribution in [0.3, 0.4) is 0 Å². The number of likely N-dealkylation sites (N-methyl/N-ethyl adjacent to an activating group) is 3. The van der Waals surface area contributed by atoms with Gasteiger partial charge < -0.3 is 109 Å². The van der Waals surface area contributed by atoms with Gasteiger partial charge in [0.2, 0.25) is 88.6 Å². The summed E-state index contributed by atoms with van der Waals surface area (Å²) in [6, 6.07) is 5.34. The molecule has 13 atom stereocenters. The molecule has 0 aliphatic carbocycles. The van der Waals surface area contributed by atoms with Crippen LogP contribution in [0.25, 0.3) is 10.9 Å². The number of hydrogen-bond acceptors (Lipinski definition) is 21. The number of hydrogen-bond donors (Lipinski definition) is 16. The second-order valence-electron chi connectivity index (χ2n) is 34.2. The van der Waals surface area contributed by atoms with Crippen molar-refractivity contribution in [2.45, 2.75) is 215 Å². The van der Waals surface area contributed by atoms with Crippen molar-refractivity contribution in [3.05, 3.63) is 167 Å². The van der Waals surface area contributed by atoms with Crippen molar-refractivity contribution in [3.8, 4) is 11.5 Å². The lowest BCUT2D eigenvalue weighted by molar-refractivity contribution is -0.152. The zero-order valence-corrected chi connectivity index (χ0v) is 76.6. The van der Waals surface area contributed by atoms with Crippen molar-refractivity contribution >= 4 is 123 Å². The van der Waals surface area contributed by atoms with Crippen molar-refractivity contribution in [1.29, 1.82) is 0 Å². The number of phenols is 2. The molecule has 4 heterocycles. The summed E-state index contributed by atoms with van der Waals surface area (Å²) in [5.41, 5.74) is 13.2. The van der Waals surface area contributed by atoms with Gasteiger partial charge in [-0.2, -0.15) is 0 Å². The molecule has 5 aromatic carbocycles. The SMILES string of the molecule is CCCC[C@H]1C(=O)N2CCC[C@@H]2C(=O)N[C@@H](CC(=O)O)C(=O)N[C@@H](C(C)C)C(=O)N(C)[C@@H](Cc2ccccc2)C(=O)N[C@@H](CCC(=O)O)C(=O)N2CCCC[C@@H]2C(=O)N[C@@H](Cc2c[nH]c3ccccc23)C(=O)N[C@@H](Cc2ccc(O)cc2)C(=O)N[C@@H](CCCN)C(=O)N[C@H](C(=O)NCC(N)=O)CSCC(=O)N[C@@H](Cc2cc(F)c(F)c(F)c2)C(=O)N(C)[C@@H](Cc2ccc(O)cc2)C(=O)N1C. The largest absolute Gasteiger partial charge is 0.508 e. The molecule has 0 spiro atoms. The normalized spacial score (nSPS) is 23.4. The molecule has 0 saturated carbocycles. The molecule has 42 heteroatoms. The van der Waals surface area contributed by atoms with E-state index in [2.05, 4.69) is 52.8 Å². The average Bonchev–Trinajstić information content (AvgIpc) is 1.78. The number of aromatic hydroxyl groups is 2. The molecule has 18 N–H and O–H groups in total. The molecule has 0 bridgehead atoms. The number of nitrogens with two attached hydrogens (primary N) is 2. The summed E-state index contributed by atoms with van der Waals surface area (Å²) >= 11 is 0.633. The number of phenolic OH excluding ortho intramolecular Hbond substituents is 2. The van der Waals surface area contributed by atoms with Gasteiger partial charge in [-0.25, -0.2) is 13.2 Å². The van der Waals surface area contributed by atoms with Crippen LogP contribution < -0.4 is 59.3 Å². The molecule has 0 unspecified atom stereocenters. The van der Waals surface area contributed by atoms with E-state index < -0.39 is 258 Å². The van der Waals surface area contributed by atoms with E-state index in [-0.39, 0.29) is 102 Å². The highest BCUT2D eigenvalue weighted by molar-refractivity contribution is 8.00. The molecule has 0 radical (unpaired) electrons. The Hall–Kier alpha value is -13.7. The Kier molecular flexibility index (Phi) is 38.8. The van der Waals surface area contributed by atoms with E-state index in [1.54, 1.807) is 67.7 Å². The van der Waals surface area contributed by atoms with Gasteiger partial charge in [0, 0.05) is 95.6 Å². The van der Waals surface area contributed by atoms with Crippen molar-refractivity contribution < 1.29 is 115 Å². The number of carboxylic acids is 2. The number of H-pyrrole nitrogens is 1. The van der Waals surface area contributed by atoms with Crippen LogP contribution in [0, 0.1) is 23.4 Å². The molecule has 728 valence electrons. The fourth-order valence-electron chi connectivity index (χ4n) is 16.5. The van der Waals surface area contributed by atoms with Gasteiger partial charge >= 0.3 is 11.9 Å². The van der Waals surface area contributed by atoms with Gasteiger partial charge in [-0.05, 0) is 141 Å². The number of nitrogens with zero attached hydrogens (tertiary/aromatic N) is 5. The fraction of sp³-hybridized carbons (Fsp3) is 0.473. The second kappa shape index (κ2) is 49.9. The molecule has 3 fully saturated rings. The minimum Gasteiger partial charge on any atom is -0.508 e. The number of unbranched alkanes of at least 4 members (excludes halogenated alkanes) is 1. The number of amides is 15. The lowest BCUT2D eigenvalue weighted by atomic mass is 9.97. The summed E-state index contributed by atoms with van der Waals surface area (Å²) in [5.74, 6) is -26.3. The molecule has 6 aromatic rings. The molecular formula is C93H118F3N17O21S. The van der Waals surface area contributed by atoms with Crippen LogP contribution in [-0.4, -0.2) is 288 Å². The predicted octanol–water partition coefficient (Wildman–Crippen LogP) is 1.51. The highest BCUT2D eigenvalue weighted by Gasteiger charge is 2.46. The first-order valence-electron chi connectivity index (χ1n) is 44.6. The van der Waals surface area contributed by atoms with Gasteiger partial charge in [-0.15, -0.1) is 11.8 Å². The molecule has 3 aliphatic heterocycles. The number of rotatable bonds is 25. The van der Waals surface area contributed by atoms with Crippen molar-refractivity contribution in [1.82, 2.24) is 77.3 Å². The van der Waals surface area contributed by atoms with Gasteiger partial charge in [0.05, 0.1) is 18.7 Å². The maximum Gasteiger partial charge on any atom is 0.305 e. The topological polar surface area (TPSA) is 563 Å². The number of aromatic amines is 1. The second-order valence-corrected chi connectivity index (χ2v) is 35.3. The summed E-state index contributed by atoms with van der Waals surface area (Å²) < 4.78 is 45.1. The lowest BCUT2D eigenvalue weighted by Gasteiger charge is -2.38. The van der Waals surface area contributed by atoms with E-state index in [9.17, 15) is 63.2 Å². The number of aliphatic carboxylic acids is 2. The molecule has 38 nitrogen and oxygen atoms in total. The third-order valence-electron chi connectivity index (χ3n) is 24.0. The fourth-order valence-corrected chi connectivity index (χ4v) is 17.4. The summed E-state index contributed by atoms with van der Waals surface area (Å²) in [6.07, 6.45) is -2.16. The molecule has 135 heavy (non-hydrogen) atoms. The number of nitrogens with one attached hydrogen (secondary N) is 10. The number of benzene rings is 5. The zero-order chi connectivity index (χ0) is 98.6. The standard InChI is InChI=1S/C93H118F3N17O21S/c1-7-8-23-72-92(133)113-38-17-25-71(113)87(128)106-67(46-78(120)121)85(126)108-80(51(2)3)93(134)110(5)73(43-52-18-10-9-11-19-52)88(129)103-64(34-35-77(118)119)90(131)112-37-15-14-24-70(112)86(127)105-66(45-56-47-99-62-21-13-12-20-59(56)62)84(125)104-65(41-53-26-30-57(114)31-27-53)83(124)102-63(22-16-36-97)82(123)107-69(81(122)100-48-75(98)116)49-135-50-76(117)101-68(42-55-39-60(94)79(96)61(95)40-55)89(130)111(6)74(91(132)109(72)4)44-54-28-32-58(115)33-29-54/h9-13,18-21,26-33,39-40,47,51,63-74,80,99,114-115H,7-8,14-17,22-25,34-38,41-46,48-50,97H2,1-6H3,(H2,98,116)(H,100,122)(H,101,117)(H,102,124)(H,103,129)(H,104,125)(H,105,127)(H,106,128)(H,107,123)(H,108,126)(H,118,119)(H,120,121)/t63-,64-,65-,66-,67-,68-,69-,70+,71+,72-,73-,74-,80-/m0/s1. The first-order chi connectivity index (χ1) is 64.2. The summed E-state index contributed by atoms with van der Waals surface area (Å²) in [5, 5.41) is 65.2. The van der Waals surface area contributed by atoms with Crippen LogP contribution in [0.2, 0.25) is 0 Å².